The topological polar surface area (TPSA) is 90.4 Å². The maximum Gasteiger partial charge on any atom is 0.239 e. The van der Waals surface area contributed by atoms with E-state index in [2.05, 4.69) is 10.3 Å². The molecule has 1 atom stereocenters. The molecule has 0 aliphatic heterocycles. The Bertz CT molecular complexity index is 589. The molecule has 1 amide bonds. The van der Waals surface area contributed by atoms with Gasteiger partial charge >= 0.3 is 0 Å². The molecule has 3 N–H and O–H groups in total. The van der Waals surface area contributed by atoms with Gasteiger partial charge in [0.05, 0.1) is 18.2 Å². The second-order valence-corrected chi connectivity index (χ2v) is 5.36. The fraction of sp³-hybridized carbons (Fsp3) is 0.385. The molecule has 1 unspecified atom stereocenters. The highest BCUT2D eigenvalue weighted by atomic mass is 35.5. The van der Waals surface area contributed by atoms with Crippen LogP contribution in [0.15, 0.2) is 21.9 Å². The van der Waals surface area contributed by atoms with Crippen molar-refractivity contribution >= 4 is 42.1 Å². The van der Waals surface area contributed by atoms with E-state index in [1.807, 2.05) is 24.4 Å². The van der Waals surface area contributed by atoms with Crippen molar-refractivity contribution in [2.24, 2.45) is 5.73 Å². The van der Waals surface area contributed by atoms with E-state index >= 15 is 0 Å². The molecule has 0 aliphatic rings. The highest BCUT2D eigenvalue weighted by Crippen LogP contribution is 2.23. The summed E-state index contributed by atoms with van der Waals surface area (Å²) in [7, 11) is 1.50. The lowest BCUT2D eigenvalue weighted by molar-refractivity contribution is -0.123. The number of nitrogens with one attached hydrogen (secondary N) is 1. The van der Waals surface area contributed by atoms with Gasteiger partial charge in [-0.15, -0.1) is 36.2 Å². The molecule has 0 radical (unpaired) electrons. The van der Waals surface area contributed by atoms with Crippen LogP contribution in [0.25, 0.3) is 11.5 Å². The van der Waals surface area contributed by atoms with Crippen LogP contribution in [0.3, 0.4) is 0 Å². The van der Waals surface area contributed by atoms with E-state index < -0.39 is 6.04 Å². The van der Waals surface area contributed by atoms with Crippen LogP contribution in [-0.4, -0.2) is 30.6 Å². The summed E-state index contributed by atoms with van der Waals surface area (Å²) in [6, 6.07) is 2.98. The zero-order valence-corrected chi connectivity index (χ0v) is 14.6. The molecule has 0 bridgehead atoms. The number of thiazole rings is 1. The lowest BCUT2D eigenvalue weighted by atomic mass is 10.3. The summed E-state index contributed by atoms with van der Waals surface area (Å²) in [6.45, 7) is 2.42. The van der Waals surface area contributed by atoms with Gasteiger partial charge in [-0.2, -0.15) is 0 Å². The Labute approximate surface area is 145 Å². The molecule has 0 saturated heterocycles. The number of hydrogen-bond acceptors (Lipinski definition) is 6. The average Bonchev–Trinajstić information content (AvgIpc) is 3.04. The average molecular weight is 368 g/mol. The molecule has 2 aromatic heterocycles. The minimum Gasteiger partial charge on any atom is -0.458 e. The summed E-state index contributed by atoms with van der Waals surface area (Å²) in [5.74, 6) is 1.08. The first-order chi connectivity index (χ1) is 9.60. The van der Waals surface area contributed by atoms with Crippen molar-refractivity contribution in [3.8, 4) is 11.5 Å². The van der Waals surface area contributed by atoms with Crippen molar-refractivity contribution in [1.29, 1.82) is 0 Å². The summed E-state index contributed by atoms with van der Waals surface area (Å²) in [4.78, 5) is 16.0. The maximum atomic E-state index is 11.6. The predicted octanol–water partition coefficient (Wildman–Crippen LogP) is 2.15. The van der Waals surface area contributed by atoms with Crippen molar-refractivity contribution < 1.29 is 13.9 Å². The van der Waals surface area contributed by atoms with E-state index in [0.717, 1.165) is 10.7 Å². The summed E-state index contributed by atoms with van der Waals surface area (Å²) in [5, 5.41) is 5.62. The second kappa shape index (κ2) is 9.81. The first-order valence-corrected chi connectivity index (χ1v) is 7.01. The van der Waals surface area contributed by atoms with E-state index in [-0.39, 0.29) is 37.3 Å². The second-order valence-electron chi connectivity index (χ2n) is 4.30. The number of carbonyl (C=O) groups excluding carboxylic acids is 1. The Kier molecular flexibility index (Phi) is 9.31. The third-order valence-electron chi connectivity index (χ3n) is 2.65. The molecule has 0 spiro atoms. The molecule has 0 fully saturated rings. The predicted molar refractivity (Wildman–Crippen MR) is 90.7 cm³/mol. The summed E-state index contributed by atoms with van der Waals surface area (Å²) < 4.78 is 10.5. The maximum absolute atomic E-state index is 11.6. The first-order valence-electron chi connectivity index (χ1n) is 6.13. The standard InChI is InChI=1S/C13H17N3O3S.2ClH/c1-8-16-11(7-20-8)12-4-3-9(19-12)5-15-13(17)10(14)6-18-2;;/h3-4,7,10H,5-6,14H2,1-2H3,(H,15,17);2*1H. The number of halogens is 2. The molecule has 0 aromatic carbocycles. The van der Waals surface area contributed by atoms with Crippen molar-refractivity contribution in [3.05, 3.63) is 28.3 Å². The van der Waals surface area contributed by atoms with Crippen LogP contribution in [0.5, 0.6) is 0 Å². The van der Waals surface area contributed by atoms with Crippen LogP contribution < -0.4 is 11.1 Å². The highest BCUT2D eigenvalue weighted by Gasteiger charge is 2.14. The third-order valence-corrected chi connectivity index (χ3v) is 3.43. The number of ether oxygens (including phenoxy) is 1. The monoisotopic (exact) mass is 367 g/mol. The number of methoxy groups -OCH3 is 1. The van der Waals surface area contributed by atoms with Crippen LogP contribution in [0.4, 0.5) is 0 Å². The minimum absolute atomic E-state index is 0. The van der Waals surface area contributed by atoms with Gasteiger partial charge < -0.3 is 20.2 Å². The molecule has 0 aliphatic carbocycles. The Morgan fingerprint density at radius 1 is 1.50 bits per heavy atom. The lowest BCUT2D eigenvalue weighted by Gasteiger charge is -2.09. The van der Waals surface area contributed by atoms with E-state index in [0.29, 0.717) is 18.1 Å². The van der Waals surface area contributed by atoms with E-state index in [1.54, 1.807) is 11.3 Å². The summed E-state index contributed by atoms with van der Waals surface area (Å²) in [5.41, 5.74) is 6.42. The van der Waals surface area contributed by atoms with Gasteiger partial charge in [0.1, 0.15) is 17.5 Å². The first kappa shape index (κ1) is 20.9. The van der Waals surface area contributed by atoms with Gasteiger partial charge in [0.2, 0.25) is 5.91 Å². The molecule has 22 heavy (non-hydrogen) atoms. The fourth-order valence-electron chi connectivity index (χ4n) is 1.65. The number of nitrogens with zero attached hydrogens (tertiary/aromatic N) is 1. The van der Waals surface area contributed by atoms with Gasteiger partial charge in [-0.1, -0.05) is 0 Å². The number of carbonyl (C=O) groups is 1. The number of amides is 1. The molecule has 2 heterocycles. The van der Waals surface area contributed by atoms with Gasteiger partial charge in [-0.05, 0) is 19.1 Å². The van der Waals surface area contributed by atoms with Gasteiger partial charge in [-0.3, -0.25) is 4.79 Å². The molecule has 2 aromatic rings. The van der Waals surface area contributed by atoms with Gasteiger partial charge in [0.25, 0.3) is 0 Å². The number of aromatic nitrogens is 1. The summed E-state index contributed by atoms with van der Waals surface area (Å²) >= 11 is 1.56. The fourth-order valence-corrected chi connectivity index (χ4v) is 2.25. The van der Waals surface area contributed by atoms with Crippen molar-refractivity contribution in [2.45, 2.75) is 19.5 Å². The van der Waals surface area contributed by atoms with E-state index in [1.165, 1.54) is 7.11 Å². The minimum atomic E-state index is -0.671. The van der Waals surface area contributed by atoms with Crippen LogP contribution in [0, 0.1) is 6.92 Å². The number of nitrogens with two attached hydrogens (primary N) is 1. The van der Waals surface area contributed by atoms with Crippen LogP contribution >= 0.6 is 36.2 Å². The zero-order valence-electron chi connectivity index (χ0n) is 12.2. The van der Waals surface area contributed by atoms with E-state index in [9.17, 15) is 4.79 Å². The molecule has 2 rings (SSSR count). The number of aryl methyl sites for hydroxylation is 1. The van der Waals surface area contributed by atoms with E-state index in [4.69, 9.17) is 14.9 Å². The van der Waals surface area contributed by atoms with Gasteiger partial charge in [-0.25, -0.2) is 4.98 Å². The quantitative estimate of drug-likeness (QED) is 0.815. The Hall–Kier alpha value is -1.12. The third kappa shape index (κ3) is 5.58. The molecule has 0 saturated carbocycles. The highest BCUT2D eigenvalue weighted by molar-refractivity contribution is 7.09. The molecule has 6 nitrogen and oxygen atoms in total. The largest absolute Gasteiger partial charge is 0.458 e. The van der Waals surface area contributed by atoms with Gasteiger partial charge in [0, 0.05) is 12.5 Å². The normalized spacial score (nSPS) is 11.2. The SMILES string of the molecule is COCC(N)C(=O)NCc1ccc(-c2csc(C)n2)o1.Cl.Cl. The number of rotatable bonds is 6. The van der Waals surface area contributed by atoms with Crippen molar-refractivity contribution in [3.63, 3.8) is 0 Å². The molecular formula is C13H19Cl2N3O3S. The Morgan fingerprint density at radius 3 is 2.82 bits per heavy atom. The zero-order chi connectivity index (χ0) is 14.5. The smallest absolute Gasteiger partial charge is 0.239 e. The van der Waals surface area contributed by atoms with Crippen LogP contribution in [0.1, 0.15) is 10.8 Å². The summed E-state index contributed by atoms with van der Waals surface area (Å²) in [6.07, 6.45) is 0. The molecule has 124 valence electrons. The molecule has 9 heteroatoms. The molecular weight excluding hydrogens is 349 g/mol. The van der Waals surface area contributed by atoms with Crippen LogP contribution in [-0.2, 0) is 16.1 Å². The Balaban J connectivity index is 0.00000220. The number of hydrogen-bond donors (Lipinski definition) is 2. The van der Waals surface area contributed by atoms with Crippen LogP contribution in [0.2, 0.25) is 0 Å². The van der Waals surface area contributed by atoms with Crippen molar-refractivity contribution in [2.75, 3.05) is 13.7 Å². The van der Waals surface area contributed by atoms with Gasteiger partial charge in [0.15, 0.2) is 5.76 Å². The number of furan rings is 1. The lowest BCUT2D eigenvalue weighted by Crippen LogP contribution is -2.43. The Morgan fingerprint density at radius 2 is 2.23 bits per heavy atom. The van der Waals surface area contributed by atoms with Crippen molar-refractivity contribution in [1.82, 2.24) is 10.3 Å².